The Hall–Kier alpha value is -2.49. The number of anilines is 1. The van der Waals surface area contributed by atoms with Crippen molar-refractivity contribution in [1.29, 1.82) is 0 Å². The highest BCUT2D eigenvalue weighted by Crippen LogP contribution is 2.22. The van der Waals surface area contributed by atoms with Crippen LogP contribution in [0, 0.1) is 6.92 Å². The molecule has 0 unspecified atom stereocenters. The zero-order valence-corrected chi connectivity index (χ0v) is 12.6. The summed E-state index contributed by atoms with van der Waals surface area (Å²) in [5, 5.41) is 3.43. The lowest BCUT2D eigenvalue weighted by atomic mass is 10.2. The van der Waals surface area contributed by atoms with E-state index in [0.29, 0.717) is 0 Å². The molecule has 1 N–H and O–H groups in total. The molecule has 0 saturated heterocycles. The minimum Gasteiger partial charge on any atom is -0.496 e. The van der Waals surface area contributed by atoms with E-state index in [4.69, 9.17) is 4.74 Å². The van der Waals surface area contributed by atoms with Crippen molar-refractivity contribution in [3.63, 3.8) is 0 Å². The van der Waals surface area contributed by atoms with Crippen molar-refractivity contribution in [3.05, 3.63) is 53.9 Å². The van der Waals surface area contributed by atoms with Gasteiger partial charge in [-0.05, 0) is 31.2 Å². The number of nitrogens with one attached hydrogen (secondary N) is 1. The lowest BCUT2D eigenvalue weighted by Gasteiger charge is -2.10. The molecule has 1 heterocycles. The monoisotopic (exact) mass is 281 g/mol. The van der Waals surface area contributed by atoms with Gasteiger partial charge < -0.3 is 14.6 Å². The molecule has 3 rings (SSSR count). The molecule has 2 aromatic carbocycles. The quantitative estimate of drug-likeness (QED) is 0.795. The molecule has 21 heavy (non-hydrogen) atoms. The number of nitrogens with zero attached hydrogens (tertiary/aromatic N) is 2. The summed E-state index contributed by atoms with van der Waals surface area (Å²) in [6, 6.07) is 14.3. The molecule has 108 valence electrons. The van der Waals surface area contributed by atoms with Crippen LogP contribution in [-0.2, 0) is 13.6 Å². The summed E-state index contributed by atoms with van der Waals surface area (Å²) in [5.74, 6) is 1.92. The molecule has 0 aliphatic rings. The summed E-state index contributed by atoms with van der Waals surface area (Å²) in [5.41, 5.74) is 4.36. The van der Waals surface area contributed by atoms with Crippen LogP contribution in [0.15, 0.2) is 42.5 Å². The molecule has 0 aliphatic carbocycles. The molecule has 0 spiro atoms. The topological polar surface area (TPSA) is 39.1 Å². The highest BCUT2D eigenvalue weighted by molar-refractivity contribution is 5.80. The SMILES string of the molecule is COc1ccccc1CNc1ccc2c(c1)nc(C)n2C. The maximum Gasteiger partial charge on any atom is 0.123 e. The Morgan fingerprint density at radius 3 is 2.81 bits per heavy atom. The second-order valence-corrected chi connectivity index (χ2v) is 5.09. The predicted octanol–water partition coefficient (Wildman–Crippen LogP) is 3.50. The van der Waals surface area contributed by atoms with Gasteiger partial charge in [0.15, 0.2) is 0 Å². The molecule has 4 heteroatoms. The first-order valence-corrected chi connectivity index (χ1v) is 6.98. The third-order valence-electron chi connectivity index (χ3n) is 3.78. The van der Waals surface area contributed by atoms with E-state index < -0.39 is 0 Å². The van der Waals surface area contributed by atoms with Gasteiger partial charge in [-0.1, -0.05) is 18.2 Å². The predicted molar refractivity (Wildman–Crippen MR) is 85.8 cm³/mol. The first kappa shape index (κ1) is 13.5. The molecule has 0 atom stereocenters. The smallest absolute Gasteiger partial charge is 0.123 e. The highest BCUT2D eigenvalue weighted by Gasteiger charge is 2.05. The van der Waals surface area contributed by atoms with E-state index in [2.05, 4.69) is 39.1 Å². The number of benzene rings is 2. The van der Waals surface area contributed by atoms with Crippen LogP contribution in [-0.4, -0.2) is 16.7 Å². The number of aromatic nitrogens is 2. The Bertz CT molecular complexity index is 777. The largest absolute Gasteiger partial charge is 0.496 e. The summed E-state index contributed by atoms with van der Waals surface area (Å²) >= 11 is 0. The molecule has 0 fully saturated rings. The van der Waals surface area contributed by atoms with Crippen molar-refractivity contribution in [3.8, 4) is 5.75 Å². The molecule has 0 bridgehead atoms. The van der Waals surface area contributed by atoms with E-state index in [1.807, 2.05) is 32.2 Å². The number of para-hydroxylation sites is 1. The van der Waals surface area contributed by atoms with Gasteiger partial charge in [0.05, 0.1) is 18.1 Å². The average molecular weight is 281 g/mol. The maximum atomic E-state index is 5.37. The summed E-state index contributed by atoms with van der Waals surface area (Å²) in [6.45, 7) is 2.74. The number of ether oxygens (including phenoxy) is 1. The number of imidazole rings is 1. The van der Waals surface area contributed by atoms with Crippen LogP contribution in [0.3, 0.4) is 0 Å². The zero-order valence-electron chi connectivity index (χ0n) is 12.6. The van der Waals surface area contributed by atoms with E-state index in [-0.39, 0.29) is 0 Å². The number of methoxy groups -OCH3 is 1. The fourth-order valence-electron chi connectivity index (χ4n) is 2.48. The Balaban J connectivity index is 1.82. The third-order valence-corrected chi connectivity index (χ3v) is 3.78. The van der Waals surface area contributed by atoms with Gasteiger partial charge in [-0.2, -0.15) is 0 Å². The van der Waals surface area contributed by atoms with Crippen molar-refractivity contribution in [2.45, 2.75) is 13.5 Å². The Kier molecular flexibility index (Phi) is 3.52. The van der Waals surface area contributed by atoms with Crippen molar-refractivity contribution in [2.75, 3.05) is 12.4 Å². The molecule has 3 aromatic rings. The van der Waals surface area contributed by atoms with E-state index >= 15 is 0 Å². The summed E-state index contributed by atoms with van der Waals surface area (Å²) < 4.78 is 7.46. The molecule has 4 nitrogen and oxygen atoms in total. The van der Waals surface area contributed by atoms with Gasteiger partial charge in [0, 0.05) is 24.8 Å². The van der Waals surface area contributed by atoms with Crippen molar-refractivity contribution in [1.82, 2.24) is 9.55 Å². The molecule has 1 aromatic heterocycles. The first-order valence-electron chi connectivity index (χ1n) is 6.98. The van der Waals surface area contributed by atoms with Crippen LogP contribution < -0.4 is 10.1 Å². The first-order chi connectivity index (χ1) is 10.2. The van der Waals surface area contributed by atoms with Gasteiger partial charge in [-0.3, -0.25) is 0 Å². The number of hydrogen-bond acceptors (Lipinski definition) is 3. The second kappa shape index (κ2) is 5.48. The minimum absolute atomic E-state index is 0.724. The number of rotatable bonds is 4. The lowest BCUT2D eigenvalue weighted by Crippen LogP contribution is -2.01. The van der Waals surface area contributed by atoms with Crippen LogP contribution in [0.25, 0.3) is 11.0 Å². The van der Waals surface area contributed by atoms with E-state index in [1.165, 1.54) is 0 Å². The highest BCUT2D eigenvalue weighted by atomic mass is 16.5. The fourth-order valence-corrected chi connectivity index (χ4v) is 2.48. The molecule has 0 radical (unpaired) electrons. The summed E-state index contributed by atoms with van der Waals surface area (Å²) in [6.07, 6.45) is 0. The molecular weight excluding hydrogens is 262 g/mol. The van der Waals surface area contributed by atoms with Gasteiger partial charge in [-0.25, -0.2) is 4.98 Å². The van der Waals surface area contributed by atoms with Gasteiger partial charge in [0.25, 0.3) is 0 Å². The van der Waals surface area contributed by atoms with Gasteiger partial charge >= 0.3 is 0 Å². The van der Waals surface area contributed by atoms with Crippen molar-refractivity contribution < 1.29 is 4.74 Å². The summed E-state index contributed by atoms with van der Waals surface area (Å²) in [7, 11) is 3.73. The van der Waals surface area contributed by atoms with Crippen LogP contribution in [0.1, 0.15) is 11.4 Å². The molecule has 0 saturated carbocycles. The maximum absolute atomic E-state index is 5.37. The van der Waals surface area contributed by atoms with Crippen LogP contribution in [0.5, 0.6) is 5.75 Å². The Morgan fingerprint density at radius 2 is 2.00 bits per heavy atom. The van der Waals surface area contributed by atoms with Gasteiger partial charge in [-0.15, -0.1) is 0 Å². The summed E-state index contributed by atoms with van der Waals surface area (Å²) in [4.78, 5) is 4.56. The standard InChI is InChI=1S/C17H19N3O/c1-12-19-15-10-14(8-9-16(15)20(12)2)18-11-13-6-4-5-7-17(13)21-3/h4-10,18H,11H2,1-3H3. The molecule has 0 aliphatic heterocycles. The fraction of sp³-hybridized carbons (Fsp3) is 0.235. The second-order valence-electron chi connectivity index (χ2n) is 5.09. The Labute approximate surface area is 124 Å². The lowest BCUT2D eigenvalue weighted by molar-refractivity contribution is 0.410. The van der Waals surface area contributed by atoms with Crippen LogP contribution in [0.2, 0.25) is 0 Å². The van der Waals surface area contributed by atoms with Gasteiger partial charge in [0.1, 0.15) is 11.6 Å². The number of fused-ring (bicyclic) bond motifs is 1. The minimum atomic E-state index is 0.724. The van der Waals surface area contributed by atoms with E-state index in [1.54, 1.807) is 7.11 Å². The number of hydrogen-bond donors (Lipinski definition) is 1. The van der Waals surface area contributed by atoms with E-state index in [0.717, 1.165) is 40.4 Å². The Morgan fingerprint density at radius 1 is 1.19 bits per heavy atom. The van der Waals surface area contributed by atoms with Gasteiger partial charge in [0.2, 0.25) is 0 Å². The van der Waals surface area contributed by atoms with E-state index in [9.17, 15) is 0 Å². The normalized spacial score (nSPS) is 10.8. The zero-order chi connectivity index (χ0) is 14.8. The van der Waals surface area contributed by atoms with Crippen LogP contribution >= 0.6 is 0 Å². The molecular formula is C17H19N3O. The average Bonchev–Trinajstić information content (AvgIpc) is 2.80. The number of aryl methyl sites for hydroxylation is 2. The van der Waals surface area contributed by atoms with Crippen molar-refractivity contribution in [2.24, 2.45) is 7.05 Å². The van der Waals surface area contributed by atoms with Crippen LogP contribution in [0.4, 0.5) is 5.69 Å². The van der Waals surface area contributed by atoms with Crippen molar-refractivity contribution >= 4 is 16.7 Å². The third kappa shape index (κ3) is 2.57. The molecule has 0 amide bonds.